The summed E-state index contributed by atoms with van der Waals surface area (Å²) in [6.45, 7) is 1.89. The second kappa shape index (κ2) is 8.25. The first-order valence-electron chi connectivity index (χ1n) is 9.46. The van der Waals surface area contributed by atoms with E-state index in [0.29, 0.717) is 22.9 Å². The fraction of sp³-hybridized carbons (Fsp3) is 0.200. The van der Waals surface area contributed by atoms with Crippen molar-refractivity contribution in [3.63, 3.8) is 0 Å². The molecule has 31 heavy (non-hydrogen) atoms. The second-order valence-electron chi connectivity index (χ2n) is 6.92. The SMILES string of the molecule is CC[C@H](Sc1nnc2c3ccccc3n(C)c2n1)C(=O)Nc1ccc(S(N)(=O)=O)cc1. The van der Waals surface area contributed by atoms with Crippen molar-refractivity contribution < 1.29 is 13.2 Å². The fourth-order valence-corrected chi connectivity index (χ4v) is 4.57. The quantitative estimate of drug-likeness (QED) is 0.426. The van der Waals surface area contributed by atoms with Crippen LogP contribution in [0.5, 0.6) is 0 Å². The molecular formula is C20H20N6O3S2. The highest BCUT2D eigenvalue weighted by Gasteiger charge is 2.21. The lowest BCUT2D eigenvalue weighted by molar-refractivity contribution is -0.115. The molecule has 0 spiro atoms. The number of sulfonamides is 1. The number of carbonyl (C=O) groups is 1. The molecule has 4 aromatic rings. The van der Waals surface area contributed by atoms with Crippen LogP contribution in [0.25, 0.3) is 22.1 Å². The van der Waals surface area contributed by atoms with Crippen LogP contribution in [0.4, 0.5) is 5.69 Å². The molecule has 0 aliphatic rings. The zero-order valence-electron chi connectivity index (χ0n) is 16.8. The number of aryl methyl sites for hydroxylation is 1. The normalized spacial score (nSPS) is 12.9. The van der Waals surface area contributed by atoms with Crippen molar-refractivity contribution in [3.8, 4) is 0 Å². The van der Waals surface area contributed by atoms with Crippen LogP contribution in [-0.2, 0) is 21.9 Å². The number of nitrogens with two attached hydrogens (primary N) is 1. The number of thioether (sulfide) groups is 1. The molecule has 0 saturated heterocycles. The van der Waals surface area contributed by atoms with Crippen molar-refractivity contribution in [2.75, 3.05) is 5.32 Å². The number of anilines is 1. The van der Waals surface area contributed by atoms with Gasteiger partial charge in [-0.2, -0.15) is 0 Å². The van der Waals surface area contributed by atoms with Crippen LogP contribution in [0.2, 0.25) is 0 Å². The van der Waals surface area contributed by atoms with E-state index in [4.69, 9.17) is 5.14 Å². The van der Waals surface area contributed by atoms with Crippen molar-refractivity contribution in [1.29, 1.82) is 0 Å². The Balaban J connectivity index is 1.54. The van der Waals surface area contributed by atoms with Crippen LogP contribution in [0.1, 0.15) is 13.3 Å². The number of benzene rings is 2. The first kappa shape index (κ1) is 21.2. The van der Waals surface area contributed by atoms with Crippen LogP contribution in [0.15, 0.2) is 58.6 Å². The fourth-order valence-electron chi connectivity index (χ4n) is 3.24. The molecule has 9 nitrogen and oxygen atoms in total. The standard InChI is InChI=1S/C20H20N6O3S2/c1-3-16(19(27)22-12-8-10-13(11-9-12)31(21,28)29)30-20-23-18-17(24-25-20)14-6-4-5-7-15(14)26(18)2/h4-11,16H,3H2,1-2H3,(H,22,27)(H2,21,28,29)/t16-/m0/s1. The average molecular weight is 457 g/mol. The molecule has 2 aromatic heterocycles. The first-order chi connectivity index (χ1) is 14.8. The van der Waals surface area contributed by atoms with E-state index < -0.39 is 15.3 Å². The number of hydrogen-bond donors (Lipinski definition) is 2. The summed E-state index contributed by atoms with van der Waals surface area (Å²) in [6, 6.07) is 13.6. The highest BCUT2D eigenvalue weighted by atomic mass is 32.2. The minimum atomic E-state index is -3.78. The van der Waals surface area contributed by atoms with Crippen molar-refractivity contribution in [3.05, 3.63) is 48.5 Å². The molecule has 1 amide bonds. The lowest BCUT2D eigenvalue weighted by atomic mass is 10.2. The van der Waals surface area contributed by atoms with Gasteiger partial charge in [0.1, 0.15) is 5.52 Å². The van der Waals surface area contributed by atoms with Gasteiger partial charge in [-0.1, -0.05) is 36.9 Å². The number of rotatable bonds is 6. The van der Waals surface area contributed by atoms with Crippen molar-refractivity contribution in [2.24, 2.45) is 12.2 Å². The summed E-state index contributed by atoms with van der Waals surface area (Å²) < 4.78 is 24.7. The molecular weight excluding hydrogens is 436 g/mol. The first-order valence-corrected chi connectivity index (χ1v) is 11.9. The lowest BCUT2D eigenvalue weighted by Gasteiger charge is -2.14. The van der Waals surface area contributed by atoms with Crippen molar-refractivity contribution in [1.82, 2.24) is 19.7 Å². The maximum atomic E-state index is 12.7. The summed E-state index contributed by atoms with van der Waals surface area (Å²) in [7, 11) is -1.86. The largest absolute Gasteiger partial charge is 0.327 e. The summed E-state index contributed by atoms with van der Waals surface area (Å²) in [5.41, 5.74) is 2.90. The monoisotopic (exact) mass is 456 g/mol. The third kappa shape index (κ3) is 4.24. The molecule has 4 rings (SSSR count). The Labute approximate surface area is 183 Å². The second-order valence-corrected chi connectivity index (χ2v) is 9.65. The molecule has 160 valence electrons. The van der Waals surface area contributed by atoms with Gasteiger partial charge in [0.2, 0.25) is 21.1 Å². The van der Waals surface area contributed by atoms with Crippen molar-refractivity contribution in [2.45, 2.75) is 28.6 Å². The maximum absolute atomic E-state index is 12.7. The van der Waals surface area contributed by atoms with Gasteiger partial charge in [0, 0.05) is 18.1 Å². The number of aromatic nitrogens is 4. The molecule has 2 aromatic carbocycles. The molecule has 0 aliphatic heterocycles. The third-order valence-electron chi connectivity index (χ3n) is 4.85. The number of amides is 1. The number of hydrogen-bond acceptors (Lipinski definition) is 7. The summed E-state index contributed by atoms with van der Waals surface area (Å²) in [6.07, 6.45) is 0.544. The van der Waals surface area contributed by atoms with Crippen LogP contribution in [-0.4, -0.2) is 39.3 Å². The predicted molar refractivity (Wildman–Crippen MR) is 120 cm³/mol. The number of nitrogens with zero attached hydrogens (tertiary/aromatic N) is 4. The van der Waals surface area contributed by atoms with Gasteiger partial charge in [-0.25, -0.2) is 18.5 Å². The minimum Gasteiger partial charge on any atom is -0.327 e. The van der Waals surface area contributed by atoms with Crippen LogP contribution < -0.4 is 10.5 Å². The van der Waals surface area contributed by atoms with Gasteiger partial charge in [-0.15, -0.1) is 10.2 Å². The van der Waals surface area contributed by atoms with Gasteiger partial charge in [0.15, 0.2) is 5.65 Å². The highest BCUT2D eigenvalue weighted by molar-refractivity contribution is 8.00. The van der Waals surface area contributed by atoms with Gasteiger partial charge >= 0.3 is 0 Å². The van der Waals surface area contributed by atoms with Gasteiger partial charge in [0.05, 0.1) is 15.7 Å². The van der Waals surface area contributed by atoms with E-state index in [1.54, 1.807) is 0 Å². The third-order valence-corrected chi connectivity index (χ3v) is 6.99. The average Bonchev–Trinajstić information content (AvgIpc) is 3.03. The summed E-state index contributed by atoms with van der Waals surface area (Å²) in [5.74, 6) is -0.239. The maximum Gasteiger partial charge on any atom is 0.238 e. The number of fused-ring (bicyclic) bond motifs is 3. The van der Waals surface area contributed by atoms with E-state index in [0.717, 1.165) is 16.4 Å². The molecule has 3 N–H and O–H groups in total. The molecule has 0 saturated carbocycles. The molecule has 2 heterocycles. The van der Waals surface area contributed by atoms with Gasteiger partial charge in [-0.05, 0) is 36.8 Å². The predicted octanol–water partition coefficient (Wildman–Crippen LogP) is 2.67. The van der Waals surface area contributed by atoms with E-state index >= 15 is 0 Å². The molecule has 0 unspecified atom stereocenters. The smallest absolute Gasteiger partial charge is 0.238 e. The topological polar surface area (TPSA) is 133 Å². The number of carbonyl (C=O) groups excluding carboxylic acids is 1. The Bertz CT molecular complexity index is 1380. The molecule has 0 aliphatic carbocycles. The Morgan fingerprint density at radius 3 is 2.55 bits per heavy atom. The Hall–Kier alpha value is -3.02. The molecule has 0 radical (unpaired) electrons. The van der Waals surface area contributed by atoms with E-state index in [-0.39, 0.29) is 10.8 Å². The summed E-state index contributed by atoms with van der Waals surface area (Å²) >= 11 is 1.23. The Kier molecular flexibility index (Phi) is 5.65. The molecule has 1 atom stereocenters. The lowest BCUT2D eigenvalue weighted by Crippen LogP contribution is -2.25. The van der Waals surface area contributed by atoms with Crippen molar-refractivity contribution >= 4 is 55.4 Å². The minimum absolute atomic E-state index is 0.0188. The molecule has 11 heteroatoms. The summed E-state index contributed by atoms with van der Waals surface area (Å²) in [5, 5.41) is 17.4. The number of para-hydroxylation sites is 1. The zero-order chi connectivity index (χ0) is 22.2. The van der Waals surface area contributed by atoms with E-state index in [1.807, 2.05) is 42.8 Å². The number of primary sulfonamides is 1. The number of nitrogens with one attached hydrogen (secondary N) is 1. The van der Waals surface area contributed by atoms with Gasteiger partial charge < -0.3 is 9.88 Å². The van der Waals surface area contributed by atoms with Crippen LogP contribution in [0.3, 0.4) is 0 Å². The summed E-state index contributed by atoms with van der Waals surface area (Å²) in [4.78, 5) is 17.3. The Morgan fingerprint density at radius 1 is 1.16 bits per heavy atom. The van der Waals surface area contributed by atoms with E-state index in [9.17, 15) is 13.2 Å². The van der Waals surface area contributed by atoms with E-state index in [2.05, 4.69) is 20.5 Å². The Morgan fingerprint density at radius 2 is 1.87 bits per heavy atom. The zero-order valence-corrected chi connectivity index (χ0v) is 18.4. The van der Waals surface area contributed by atoms with Crippen LogP contribution in [0, 0.1) is 0 Å². The highest BCUT2D eigenvalue weighted by Crippen LogP contribution is 2.28. The van der Waals surface area contributed by atoms with Gasteiger partial charge in [-0.3, -0.25) is 4.79 Å². The molecule has 0 bridgehead atoms. The van der Waals surface area contributed by atoms with Crippen LogP contribution >= 0.6 is 11.8 Å². The molecule has 0 fully saturated rings. The van der Waals surface area contributed by atoms with Gasteiger partial charge in [0.25, 0.3) is 0 Å². The van der Waals surface area contributed by atoms with E-state index in [1.165, 1.54) is 36.0 Å².